The van der Waals surface area contributed by atoms with E-state index in [-0.39, 0.29) is 11.2 Å². The number of benzene rings is 1. The Balaban J connectivity index is 1.45. The van der Waals surface area contributed by atoms with E-state index in [9.17, 15) is 4.39 Å². The fourth-order valence-electron chi connectivity index (χ4n) is 4.68. The molecule has 31 heavy (non-hydrogen) atoms. The molecule has 2 aliphatic rings. The lowest BCUT2D eigenvalue weighted by Crippen LogP contribution is -2.43. The normalized spacial score (nSPS) is 17.9. The largest absolute Gasteiger partial charge is 0.481 e. The number of nitrogens with one attached hydrogen (secondary N) is 2. The van der Waals surface area contributed by atoms with E-state index in [1.165, 1.54) is 19.3 Å². The van der Waals surface area contributed by atoms with Gasteiger partial charge in [0.15, 0.2) is 5.11 Å². The third kappa shape index (κ3) is 5.23. The molecule has 0 atom stereocenters. The Morgan fingerprint density at radius 1 is 1.10 bits per heavy atom. The van der Waals surface area contributed by atoms with Crippen molar-refractivity contribution in [2.45, 2.75) is 50.4 Å². The number of nitrogens with zero attached hydrogens (tertiary/aromatic N) is 3. The molecule has 0 spiro atoms. The minimum atomic E-state index is -0.205. The van der Waals surface area contributed by atoms with Crippen molar-refractivity contribution in [3.05, 3.63) is 41.7 Å². The molecular formula is C23H30FN5OS. The van der Waals surface area contributed by atoms with Crippen LogP contribution in [0.3, 0.4) is 0 Å². The highest BCUT2D eigenvalue weighted by molar-refractivity contribution is 7.80. The van der Waals surface area contributed by atoms with Gasteiger partial charge in [-0.25, -0.2) is 4.39 Å². The van der Waals surface area contributed by atoms with Gasteiger partial charge < -0.3 is 20.3 Å². The summed E-state index contributed by atoms with van der Waals surface area (Å²) in [7, 11) is 1.60. The van der Waals surface area contributed by atoms with Gasteiger partial charge in [0.2, 0.25) is 11.8 Å². The first-order valence-electron chi connectivity index (χ1n) is 11.1. The summed E-state index contributed by atoms with van der Waals surface area (Å²) in [6.45, 7) is 2.67. The van der Waals surface area contributed by atoms with Crippen molar-refractivity contribution in [2.75, 3.05) is 37.0 Å². The molecule has 0 amide bonds. The third-order valence-corrected chi connectivity index (χ3v) is 6.65. The molecule has 1 aliphatic heterocycles. The van der Waals surface area contributed by atoms with Crippen molar-refractivity contribution in [3.8, 4) is 5.88 Å². The molecule has 0 radical (unpaired) electrons. The van der Waals surface area contributed by atoms with Gasteiger partial charge in [-0.2, -0.15) is 9.97 Å². The van der Waals surface area contributed by atoms with Crippen LogP contribution in [-0.4, -0.2) is 41.8 Å². The second kappa shape index (κ2) is 9.77. The van der Waals surface area contributed by atoms with Gasteiger partial charge in [0, 0.05) is 31.1 Å². The first-order valence-corrected chi connectivity index (χ1v) is 11.5. The maximum absolute atomic E-state index is 13.5. The van der Waals surface area contributed by atoms with E-state index in [2.05, 4.69) is 25.5 Å². The molecule has 4 rings (SSSR count). The topological polar surface area (TPSA) is 62.3 Å². The number of aromatic nitrogens is 2. The van der Waals surface area contributed by atoms with Crippen LogP contribution >= 0.6 is 12.2 Å². The minimum Gasteiger partial charge on any atom is -0.481 e. The van der Waals surface area contributed by atoms with Crippen LogP contribution in [0.1, 0.15) is 50.5 Å². The molecule has 6 nitrogen and oxygen atoms in total. The number of halogens is 1. The summed E-state index contributed by atoms with van der Waals surface area (Å²) in [5.41, 5.74) is 1.12. The highest BCUT2D eigenvalue weighted by Crippen LogP contribution is 2.39. The van der Waals surface area contributed by atoms with Crippen molar-refractivity contribution in [2.24, 2.45) is 0 Å². The smallest absolute Gasteiger partial charge is 0.234 e. The van der Waals surface area contributed by atoms with Crippen molar-refractivity contribution >= 4 is 29.1 Å². The quantitative estimate of drug-likeness (QED) is 0.641. The van der Waals surface area contributed by atoms with Crippen LogP contribution in [0.4, 0.5) is 16.2 Å². The van der Waals surface area contributed by atoms with Crippen LogP contribution in [0, 0.1) is 5.82 Å². The molecule has 2 fully saturated rings. The Kier molecular flexibility index (Phi) is 6.85. The van der Waals surface area contributed by atoms with Crippen LogP contribution in [0.25, 0.3) is 0 Å². The van der Waals surface area contributed by atoms with Gasteiger partial charge in [-0.1, -0.05) is 31.4 Å². The molecule has 1 saturated heterocycles. The average Bonchev–Trinajstić information content (AvgIpc) is 3.34. The van der Waals surface area contributed by atoms with E-state index in [0.717, 1.165) is 50.2 Å². The lowest BCUT2D eigenvalue weighted by molar-refractivity contribution is 0.292. The number of methoxy groups -OCH3 is 1. The lowest BCUT2D eigenvalue weighted by atomic mass is 9.69. The van der Waals surface area contributed by atoms with Crippen LogP contribution in [0.5, 0.6) is 5.88 Å². The summed E-state index contributed by atoms with van der Waals surface area (Å²) >= 11 is 5.57. The number of ether oxygens (including phenoxy) is 1. The summed E-state index contributed by atoms with van der Waals surface area (Å²) in [6.07, 6.45) is 8.02. The summed E-state index contributed by atoms with van der Waals surface area (Å²) in [4.78, 5) is 11.3. The summed E-state index contributed by atoms with van der Waals surface area (Å²) in [6, 6.07) is 8.77. The van der Waals surface area contributed by atoms with Crippen LogP contribution < -0.4 is 20.3 Å². The van der Waals surface area contributed by atoms with Crippen LogP contribution in [0.15, 0.2) is 30.3 Å². The number of hydrogen-bond acceptors (Lipinski definition) is 5. The highest BCUT2D eigenvalue weighted by Gasteiger charge is 2.34. The molecule has 2 aromatic rings. The highest BCUT2D eigenvalue weighted by atomic mass is 32.1. The zero-order valence-electron chi connectivity index (χ0n) is 18.0. The Morgan fingerprint density at radius 3 is 2.48 bits per heavy atom. The van der Waals surface area contributed by atoms with Gasteiger partial charge in [0.25, 0.3) is 0 Å². The molecule has 2 heterocycles. The first-order chi connectivity index (χ1) is 15.1. The lowest BCUT2D eigenvalue weighted by Gasteiger charge is -2.38. The van der Waals surface area contributed by atoms with E-state index in [4.69, 9.17) is 17.0 Å². The standard InChI is InChI=1S/C23H30FN5OS/c1-30-20-15-19(29-13-5-6-14-29)26-21(27-20)28-22(31)25-16-23(11-3-2-4-12-23)17-7-9-18(24)10-8-17/h7-10,15H,2-6,11-14,16H2,1H3,(H2,25,26,27,28,31). The number of anilines is 2. The van der Waals surface area contributed by atoms with Gasteiger partial charge >= 0.3 is 0 Å². The number of thiocarbonyl (C=S) groups is 1. The van der Waals surface area contributed by atoms with E-state index in [0.29, 0.717) is 23.5 Å². The Bertz CT molecular complexity index is 895. The Hall–Kier alpha value is -2.48. The number of rotatable bonds is 6. The zero-order chi connectivity index (χ0) is 21.7. The maximum Gasteiger partial charge on any atom is 0.234 e. The third-order valence-electron chi connectivity index (χ3n) is 6.41. The summed E-state index contributed by atoms with van der Waals surface area (Å²) in [5.74, 6) is 1.59. The molecule has 2 N–H and O–H groups in total. The van der Waals surface area contributed by atoms with Crippen molar-refractivity contribution in [1.82, 2.24) is 15.3 Å². The van der Waals surface area contributed by atoms with E-state index < -0.39 is 0 Å². The SMILES string of the molecule is COc1cc(N2CCCC2)nc(NC(=S)NCC2(c3ccc(F)cc3)CCCCC2)n1. The summed E-state index contributed by atoms with van der Waals surface area (Å²) < 4.78 is 18.8. The van der Waals surface area contributed by atoms with Gasteiger partial charge in [-0.15, -0.1) is 0 Å². The van der Waals surface area contributed by atoms with Gasteiger partial charge in [-0.05, 0) is 55.6 Å². The predicted molar refractivity (Wildman–Crippen MR) is 125 cm³/mol. The first kappa shape index (κ1) is 21.7. The fraction of sp³-hybridized carbons (Fsp3) is 0.522. The second-order valence-corrected chi connectivity index (χ2v) is 8.85. The maximum atomic E-state index is 13.5. The van der Waals surface area contributed by atoms with Crippen LogP contribution in [0.2, 0.25) is 0 Å². The van der Waals surface area contributed by atoms with Crippen molar-refractivity contribution in [1.29, 1.82) is 0 Å². The molecule has 1 aliphatic carbocycles. The Morgan fingerprint density at radius 2 is 1.81 bits per heavy atom. The molecule has 1 aromatic carbocycles. The van der Waals surface area contributed by atoms with Crippen molar-refractivity contribution < 1.29 is 9.13 Å². The molecule has 166 valence electrons. The summed E-state index contributed by atoms with van der Waals surface area (Å²) in [5, 5.41) is 6.98. The van der Waals surface area contributed by atoms with Crippen LogP contribution in [-0.2, 0) is 5.41 Å². The van der Waals surface area contributed by atoms with E-state index in [1.54, 1.807) is 19.2 Å². The van der Waals surface area contributed by atoms with E-state index >= 15 is 0 Å². The number of hydrogen-bond donors (Lipinski definition) is 2. The van der Waals surface area contributed by atoms with Gasteiger partial charge in [0.05, 0.1) is 7.11 Å². The minimum absolute atomic E-state index is 0.0480. The zero-order valence-corrected chi connectivity index (χ0v) is 18.8. The molecule has 1 aromatic heterocycles. The molecule has 0 bridgehead atoms. The van der Waals surface area contributed by atoms with Crippen molar-refractivity contribution in [3.63, 3.8) is 0 Å². The molecule has 1 saturated carbocycles. The second-order valence-electron chi connectivity index (χ2n) is 8.44. The monoisotopic (exact) mass is 443 g/mol. The van der Waals surface area contributed by atoms with Gasteiger partial charge in [-0.3, -0.25) is 0 Å². The fourth-order valence-corrected chi connectivity index (χ4v) is 4.84. The predicted octanol–water partition coefficient (Wildman–Crippen LogP) is 4.41. The van der Waals surface area contributed by atoms with Gasteiger partial charge in [0.1, 0.15) is 11.6 Å². The Labute approximate surface area is 188 Å². The average molecular weight is 444 g/mol. The molecular weight excluding hydrogens is 413 g/mol. The molecule has 8 heteroatoms. The molecule has 0 unspecified atom stereocenters. The van der Waals surface area contributed by atoms with E-state index in [1.807, 2.05) is 18.2 Å².